The Bertz CT molecular complexity index is 375. The van der Waals surface area contributed by atoms with E-state index < -0.39 is 29.5 Å². The molecule has 0 unspecified atom stereocenters. The van der Waals surface area contributed by atoms with Crippen LogP contribution >= 0.6 is 12.6 Å². The first-order valence-corrected chi connectivity index (χ1v) is 7.01. The minimum absolute atomic E-state index is 0.141. The molecule has 8 nitrogen and oxygen atoms in total. The number of hydrogen-bond acceptors (Lipinski definition) is 7. The molecule has 0 radical (unpaired) electrons. The number of rotatable bonds is 9. The number of hydrogen-bond donors (Lipinski definition) is 4. The van der Waals surface area contributed by atoms with Crippen LogP contribution in [0.5, 0.6) is 0 Å². The quantitative estimate of drug-likeness (QED) is 0.374. The van der Waals surface area contributed by atoms with Crippen LogP contribution in [0.1, 0.15) is 20.3 Å². The minimum atomic E-state index is -1.45. The molecule has 2 amide bonds. The Kier molecular flexibility index (Phi) is 8.79. The Labute approximate surface area is 128 Å². The fraction of sp³-hybridized carbons (Fsp3) is 0.750. The minimum Gasteiger partial charge on any atom is -0.550 e. The molecule has 0 bridgehead atoms. The van der Waals surface area contributed by atoms with Gasteiger partial charge in [0.15, 0.2) is 0 Å². The first-order valence-electron chi connectivity index (χ1n) is 6.38. The zero-order valence-corrected chi connectivity index (χ0v) is 12.9. The molecule has 0 aliphatic carbocycles. The zero-order chi connectivity index (χ0) is 16.5. The maximum Gasteiger partial charge on any atom is 0.407 e. The summed E-state index contributed by atoms with van der Waals surface area (Å²) in [6.07, 6.45) is -2.46. The van der Waals surface area contributed by atoms with Crippen molar-refractivity contribution < 1.29 is 29.3 Å². The van der Waals surface area contributed by atoms with Crippen LogP contribution in [-0.2, 0) is 14.3 Å². The van der Waals surface area contributed by atoms with E-state index in [1.807, 2.05) is 0 Å². The molecule has 0 aliphatic rings. The lowest BCUT2D eigenvalue weighted by atomic mass is 9.87. The SMILES string of the molecule is CC(C)(COC(=O)NCCS)[C@@H](O)C(=O)NCCC(=O)[O-]. The summed E-state index contributed by atoms with van der Waals surface area (Å²) in [6.45, 7) is 3.11. The Balaban J connectivity index is 4.24. The molecule has 0 aromatic heterocycles. The molecule has 9 heteroatoms. The van der Waals surface area contributed by atoms with Gasteiger partial charge in [-0.1, -0.05) is 13.8 Å². The summed E-state index contributed by atoms with van der Waals surface area (Å²) in [4.78, 5) is 33.1. The number of carbonyl (C=O) groups is 3. The third-order valence-corrected chi connectivity index (χ3v) is 2.80. The summed E-state index contributed by atoms with van der Waals surface area (Å²) in [5, 5.41) is 24.8. The monoisotopic (exact) mass is 321 g/mol. The van der Waals surface area contributed by atoms with Gasteiger partial charge in [-0.25, -0.2) is 4.79 Å². The van der Waals surface area contributed by atoms with Crippen LogP contribution in [0.3, 0.4) is 0 Å². The van der Waals surface area contributed by atoms with Crippen LogP contribution in [-0.4, -0.2) is 54.6 Å². The van der Waals surface area contributed by atoms with Crippen LogP contribution in [0.2, 0.25) is 0 Å². The molecule has 21 heavy (non-hydrogen) atoms. The summed E-state index contributed by atoms with van der Waals surface area (Å²) in [6, 6.07) is 0. The van der Waals surface area contributed by atoms with Gasteiger partial charge in [-0.05, 0) is 0 Å². The lowest BCUT2D eigenvalue weighted by molar-refractivity contribution is -0.305. The standard InChI is InChI=1S/C12H22N2O6S/c1-12(2,7-20-11(19)14-5-6-21)9(17)10(18)13-4-3-8(15)16/h9,17,21H,3-7H2,1-2H3,(H,13,18)(H,14,19)(H,15,16)/p-1/t9-/m0/s1. The third-order valence-electron chi connectivity index (χ3n) is 2.57. The maximum atomic E-state index is 11.6. The number of nitrogens with one attached hydrogen (secondary N) is 2. The van der Waals surface area contributed by atoms with Crippen molar-refractivity contribution in [3.8, 4) is 0 Å². The number of aliphatic hydroxyl groups excluding tert-OH is 1. The van der Waals surface area contributed by atoms with Crippen molar-refractivity contribution in [2.45, 2.75) is 26.4 Å². The maximum absolute atomic E-state index is 11.6. The van der Waals surface area contributed by atoms with E-state index in [1.165, 1.54) is 0 Å². The first kappa shape index (κ1) is 19.5. The molecule has 1 atom stereocenters. The molecular weight excluding hydrogens is 300 g/mol. The molecule has 0 fully saturated rings. The van der Waals surface area contributed by atoms with Crippen molar-refractivity contribution >= 4 is 30.6 Å². The molecule has 0 aromatic carbocycles. The van der Waals surface area contributed by atoms with Crippen molar-refractivity contribution in [2.24, 2.45) is 5.41 Å². The molecule has 0 aliphatic heterocycles. The number of amides is 2. The Morgan fingerprint density at radius 2 is 1.90 bits per heavy atom. The fourth-order valence-electron chi connectivity index (χ4n) is 1.28. The Morgan fingerprint density at radius 3 is 2.43 bits per heavy atom. The van der Waals surface area contributed by atoms with E-state index in [-0.39, 0.29) is 19.6 Å². The normalized spacial score (nSPS) is 12.4. The van der Waals surface area contributed by atoms with Gasteiger partial charge in [0.2, 0.25) is 5.91 Å². The van der Waals surface area contributed by atoms with E-state index in [1.54, 1.807) is 13.8 Å². The second-order valence-corrected chi connectivity index (χ2v) is 5.48. The smallest absolute Gasteiger partial charge is 0.407 e. The lowest BCUT2D eigenvalue weighted by Gasteiger charge is -2.29. The van der Waals surface area contributed by atoms with Gasteiger partial charge in [-0.2, -0.15) is 12.6 Å². The molecular formula is C12H21N2O6S-. The number of ether oxygens (including phenoxy) is 1. The Hall–Kier alpha value is -1.48. The topological polar surface area (TPSA) is 128 Å². The number of thiol groups is 1. The zero-order valence-electron chi connectivity index (χ0n) is 12.0. The van der Waals surface area contributed by atoms with Crippen molar-refractivity contribution in [1.29, 1.82) is 0 Å². The van der Waals surface area contributed by atoms with E-state index >= 15 is 0 Å². The molecule has 3 N–H and O–H groups in total. The van der Waals surface area contributed by atoms with Crippen molar-refractivity contribution in [1.82, 2.24) is 10.6 Å². The predicted octanol–water partition coefficient (Wildman–Crippen LogP) is -1.71. The van der Waals surface area contributed by atoms with Gasteiger partial charge < -0.3 is 30.4 Å². The van der Waals surface area contributed by atoms with Gasteiger partial charge in [-0.3, -0.25) is 4.79 Å². The largest absolute Gasteiger partial charge is 0.550 e. The van der Waals surface area contributed by atoms with Crippen LogP contribution in [0.4, 0.5) is 4.79 Å². The van der Waals surface area contributed by atoms with Crippen LogP contribution in [0.25, 0.3) is 0 Å². The number of alkyl carbamates (subject to hydrolysis) is 1. The molecule has 0 rings (SSSR count). The fourth-order valence-corrected chi connectivity index (χ4v) is 1.39. The molecule has 0 heterocycles. The molecule has 0 spiro atoms. The predicted molar refractivity (Wildman–Crippen MR) is 75.6 cm³/mol. The highest BCUT2D eigenvalue weighted by atomic mass is 32.1. The average molecular weight is 321 g/mol. The molecule has 0 aromatic rings. The van der Waals surface area contributed by atoms with Gasteiger partial charge in [0.05, 0.1) is 0 Å². The summed E-state index contributed by atoms with van der Waals surface area (Å²) in [7, 11) is 0. The summed E-state index contributed by atoms with van der Waals surface area (Å²) < 4.78 is 4.89. The highest BCUT2D eigenvalue weighted by Gasteiger charge is 2.34. The second-order valence-electron chi connectivity index (χ2n) is 5.03. The van der Waals surface area contributed by atoms with Crippen LogP contribution in [0, 0.1) is 5.41 Å². The van der Waals surface area contributed by atoms with Crippen molar-refractivity contribution in [2.75, 3.05) is 25.4 Å². The number of carboxylic acid groups (broad SMARTS) is 1. The highest BCUT2D eigenvalue weighted by Crippen LogP contribution is 2.21. The van der Waals surface area contributed by atoms with Crippen molar-refractivity contribution in [3.63, 3.8) is 0 Å². The van der Waals surface area contributed by atoms with Crippen LogP contribution < -0.4 is 15.7 Å². The molecule has 0 saturated carbocycles. The lowest BCUT2D eigenvalue weighted by Crippen LogP contribution is -2.47. The highest BCUT2D eigenvalue weighted by molar-refractivity contribution is 7.80. The summed E-state index contributed by atoms with van der Waals surface area (Å²) in [5.41, 5.74) is -1.02. The van der Waals surface area contributed by atoms with E-state index in [0.717, 1.165) is 0 Å². The van der Waals surface area contributed by atoms with E-state index in [4.69, 9.17) is 4.74 Å². The van der Waals surface area contributed by atoms with Gasteiger partial charge >= 0.3 is 6.09 Å². The third kappa shape index (κ3) is 8.41. The van der Waals surface area contributed by atoms with E-state index in [9.17, 15) is 24.6 Å². The van der Waals surface area contributed by atoms with Gasteiger partial charge in [0.25, 0.3) is 0 Å². The number of carbonyl (C=O) groups excluding carboxylic acids is 3. The molecule has 0 saturated heterocycles. The van der Waals surface area contributed by atoms with Crippen LogP contribution in [0.15, 0.2) is 0 Å². The van der Waals surface area contributed by atoms with Gasteiger partial charge in [-0.15, -0.1) is 0 Å². The second kappa shape index (κ2) is 9.46. The average Bonchev–Trinajstić information content (AvgIpc) is 2.41. The van der Waals surface area contributed by atoms with Crippen molar-refractivity contribution in [3.05, 3.63) is 0 Å². The van der Waals surface area contributed by atoms with Gasteiger partial charge in [0, 0.05) is 36.6 Å². The Morgan fingerprint density at radius 1 is 1.29 bits per heavy atom. The number of aliphatic carboxylic acids is 1. The van der Waals surface area contributed by atoms with E-state index in [0.29, 0.717) is 12.3 Å². The number of aliphatic hydroxyl groups is 1. The summed E-state index contributed by atoms with van der Waals surface area (Å²) >= 11 is 3.92. The first-order chi connectivity index (χ1) is 9.70. The summed E-state index contributed by atoms with van der Waals surface area (Å²) in [5.74, 6) is -1.57. The molecule has 122 valence electrons. The van der Waals surface area contributed by atoms with E-state index in [2.05, 4.69) is 23.3 Å². The number of carboxylic acids is 1. The van der Waals surface area contributed by atoms with Gasteiger partial charge in [0.1, 0.15) is 12.7 Å².